The summed E-state index contributed by atoms with van der Waals surface area (Å²) in [6, 6.07) is 6.57. The van der Waals surface area contributed by atoms with Gasteiger partial charge in [0.1, 0.15) is 0 Å². The third kappa shape index (κ3) is 2.74. The van der Waals surface area contributed by atoms with E-state index in [4.69, 9.17) is 0 Å². The highest BCUT2D eigenvalue weighted by Crippen LogP contribution is 2.42. The predicted molar refractivity (Wildman–Crippen MR) is 76.1 cm³/mol. The molecule has 25 heavy (non-hydrogen) atoms. The number of halogens is 5. The Labute approximate surface area is 138 Å². The van der Waals surface area contributed by atoms with E-state index in [1.54, 1.807) is 0 Å². The van der Waals surface area contributed by atoms with Crippen molar-refractivity contribution in [2.45, 2.75) is 29.8 Å². The number of benzene rings is 1. The first-order chi connectivity index (χ1) is 11.5. The van der Waals surface area contributed by atoms with Gasteiger partial charge in [-0.05, 0) is 18.6 Å². The van der Waals surface area contributed by atoms with Gasteiger partial charge in [0.15, 0.2) is 0 Å². The number of alkyl halides is 5. The summed E-state index contributed by atoms with van der Waals surface area (Å²) in [5.74, 6) is -5.97. The van der Waals surface area contributed by atoms with Crippen LogP contribution >= 0.6 is 0 Å². The molecule has 0 N–H and O–H groups in total. The maximum atomic E-state index is 13.6. The summed E-state index contributed by atoms with van der Waals surface area (Å²) in [4.78, 5) is 11.5. The van der Waals surface area contributed by atoms with E-state index in [1.165, 1.54) is 18.2 Å². The van der Waals surface area contributed by atoms with Crippen LogP contribution < -0.4 is 0 Å². The Morgan fingerprint density at radius 1 is 1.08 bits per heavy atom. The second kappa shape index (κ2) is 5.38. The molecule has 0 fully saturated rings. The van der Waals surface area contributed by atoms with Crippen LogP contribution in [0.25, 0.3) is 0 Å². The lowest BCUT2D eigenvalue weighted by molar-refractivity contribution is -0.138. The van der Waals surface area contributed by atoms with Gasteiger partial charge in [0, 0.05) is 18.3 Å². The van der Waals surface area contributed by atoms with Gasteiger partial charge < -0.3 is 0 Å². The van der Waals surface area contributed by atoms with Crippen molar-refractivity contribution >= 4 is 15.8 Å². The van der Waals surface area contributed by atoms with Crippen LogP contribution in [-0.2, 0) is 22.6 Å². The summed E-state index contributed by atoms with van der Waals surface area (Å²) in [5.41, 5.74) is -3.53. The van der Waals surface area contributed by atoms with Gasteiger partial charge in [-0.15, -0.1) is 0 Å². The van der Waals surface area contributed by atoms with Gasteiger partial charge in [-0.2, -0.15) is 22.0 Å². The summed E-state index contributed by atoms with van der Waals surface area (Å²) in [6.45, 7) is 0. The zero-order valence-corrected chi connectivity index (χ0v) is 13.2. The molecule has 10 heteroatoms. The molecule has 0 amide bonds. The predicted octanol–water partition coefficient (Wildman–Crippen LogP) is 3.51. The second-order valence-electron chi connectivity index (χ2n) is 5.51. The zero-order chi connectivity index (χ0) is 18.6. The average Bonchev–Trinajstić information content (AvgIpc) is 2.93. The Bertz CT molecular complexity index is 946. The number of aromatic nitrogens is 1. The zero-order valence-electron chi connectivity index (χ0n) is 12.3. The van der Waals surface area contributed by atoms with E-state index in [9.17, 15) is 35.2 Å². The molecule has 0 aliphatic heterocycles. The van der Waals surface area contributed by atoms with E-state index >= 15 is 0 Å². The SMILES string of the molecule is O=C1c2c(C(F)(F)F)cn(S(=O)(=O)c3ccccc3)c2CCC1(F)F. The minimum atomic E-state index is -5.15. The number of carbonyl (C=O) groups is 1. The molecule has 2 aromatic rings. The maximum Gasteiger partial charge on any atom is 0.418 e. The van der Waals surface area contributed by atoms with Gasteiger partial charge >= 0.3 is 12.1 Å². The normalized spacial score (nSPS) is 17.4. The minimum Gasteiger partial charge on any atom is -0.287 e. The van der Waals surface area contributed by atoms with Crippen LogP contribution in [0.5, 0.6) is 0 Å². The van der Waals surface area contributed by atoms with Crippen LogP contribution in [0, 0.1) is 0 Å². The molecule has 1 aliphatic rings. The number of nitrogens with zero attached hydrogens (tertiary/aromatic N) is 1. The van der Waals surface area contributed by atoms with Crippen molar-refractivity contribution < 1.29 is 35.2 Å². The standard InChI is InChI=1S/C15H10F5NO3S/c16-14(17)7-6-11-12(13(14)22)10(15(18,19)20)8-21(11)25(23,24)9-4-2-1-3-5-9/h1-5,8H,6-7H2. The Morgan fingerprint density at radius 2 is 1.68 bits per heavy atom. The van der Waals surface area contributed by atoms with Crippen molar-refractivity contribution in [3.8, 4) is 0 Å². The number of ketones is 1. The van der Waals surface area contributed by atoms with E-state index < -0.39 is 57.6 Å². The quantitative estimate of drug-likeness (QED) is 0.751. The molecule has 0 saturated heterocycles. The lowest BCUT2D eigenvalue weighted by atomic mass is 9.90. The molecule has 0 unspecified atom stereocenters. The third-order valence-electron chi connectivity index (χ3n) is 3.91. The Balaban J connectivity index is 2.30. The fourth-order valence-corrected chi connectivity index (χ4v) is 4.17. The highest BCUT2D eigenvalue weighted by Gasteiger charge is 2.51. The first-order valence-corrected chi connectivity index (χ1v) is 8.45. The highest BCUT2D eigenvalue weighted by atomic mass is 32.2. The number of rotatable bonds is 2. The van der Waals surface area contributed by atoms with Gasteiger partial charge in [-0.1, -0.05) is 18.2 Å². The highest BCUT2D eigenvalue weighted by molar-refractivity contribution is 7.90. The fraction of sp³-hybridized carbons (Fsp3) is 0.267. The van der Waals surface area contributed by atoms with Gasteiger partial charge in [0.2, 0.25) is 5.78 Å². The van der Waals surface area contributed by atoms with Crippen molar-refractivity contribution in [2.75, 3.05) is 0 Å². The molecule has 134 valence electrons. The molecule has 3 rings (SSSR count). The van der Waals surface area contributed by atoms with E-state index in [0.717, 1.165) is 12.1 Å². The molecule has 1 heterocycles. The van der Waals surface area contributed by atoms with Crippen molar-refractivity contribution in [1.82, 2.24) is 3.97 Å². The second-order valence-corrected chi connectivity index (χ2v) is 7.32. The Kier molecular flexibility index (Phi) is 3.79. The summed E-state index contributed by atoms with van der Waals surface area (Å²) >= 11 is 0. The number of carbonyl (C=O) groups excluding carboxylic acids is 1. The topological polar surface area (TPSA) is 56.1 Å². The lowest BCUT2D eigenvalue weighted by Crippen LogP contribution is -2.36. The van der Waals surface area contributed by atoms with Gasteiger partial charge in [0.25, 0.3) is 10.0 Å². The lowest BCUT2D eigenvalue weighted by Gasteiger charge is -2.23. The van der Waals surface area contributed by atoms with Crippen LogP contribution in [0.15, 0.2) is 41.4 Å². The van der Waals surface area contributed by atoms with Crippen molar-refractivity contribution in [3.63, 3.8) is 0 Å². The summed E-state index contributed by atoms with van der Waals surface area (Å²) < 4.78 is 92.3. The molecule has 1 aromatic carbocycles. The van der Waals surface area contributed by atoms with Gasteiger partial charge in [-0.25, -0.2) is 12.4 Å². The average molecular weight is 379 g/mol. The van der Waals surface area contributed by atoms with Crippen LogP contribution in [0.3, 0.4) is 0 Å². The maximum absolute atomic E-state index is 13.6. The smallest absolute Gasteiger partial charge is 0.287 e. The molecule has 0 spiro atoms. The van der Waals surface area contributed by atoms with Crippen LogP contribution in [0.4, 0.5) is 22.0 Å². The molecule has 0 bridgehead atoms. The number of hydrogen-bond donors (Lipinski definition) is 0. The molecule has 0 radical (unpaired) electrons. The monoisotopic (exact) mass is 379 g/mol. The van der Waals surface area contributed by atoms with Crippen LogP contribution in [0.2, 0.25) is 0 Å². The van der Waals surface area contributed by atoms with Crippen LogP contribution in [-0.4, -0.2) is 24.1 Å². The number of Topliss-reactive ketones (excluding diaryl/α,β-unsaturated/α-hetero) is 1. The molecule has 4 nitrogen and oxygen atoms in total. The van der Waals surface area contributed by atoms with Gasteiger partial charge in [-0.3, -0.25) is 4.79 Å². The summed E-state index contributed by atoms with van der Waals surface area (Å²) in [5, 5.41) is 0. The Hall–Kier alpha value is -2.23. The van der Waals surface area contributed by atoms with Crippen LogP contribution in [0.1, 0.15) is 28.0 Å². The largest absolute Gasteiger partial charge is 0.418 e. The van der Waals surface area contributed by atoms with E-state index in [2.05, 4.69) is 0 Å². The summed E-state index contributed by atoms with van der Waals surface area (Å²) in [7, 11) is -4.46. The molecule has 0 atom stereocenters. The van der Waals surface area contributed by atoms with E-state index in [-0.39, 0.29) is 15.1 Å². The first kappa shape index (κ1) is 17.6. The molecule has 0 saturated carbocycles. The first-order valence-electron chi connectivity index (χ1n) is 7.01. The Morgan fingerprint density at radius 3 is 2.24 bits per heavy atom. The van der Waals surface area contributed by atoms with E-state index in [1.807, 2.05) is 0 Å². The van der Waals surface area contributed by atoms with Gasteiger partial charge in [0.05, 0.1) is 16.0 Å². The fourth-order valence-electron chi connectivity index (χ4n) is 2.72. The van der Waals surface area contributed by atoms with Crippen molar-refractivity contribution in [2.24, 2.45) is 0 Å². The van der Waals surface area contributed by atoms with E-state index in [0.29, 0.717) is 0 Å². The molecular formula is C15H10F5NO3S. The van der Waals surface area contributed by atoms with Crippen molar-refractivity contribution in [1.29, 1.82) is 0 Å². The van der Waals surface area contributed by atoms with Crippen molar-refractivity contribution in [3.05, 3.63) is 53.3 Å². The molecular weight excluding hydrogens is 369 g/mol. The minimum absolute atomic E-state index is 0.201. The third-order valence-corrected chi connectivity index (χ3v) is 5.62. The number of hydrogen-bond acceptors (Lipinski definition) is 3. The molecule has 1 aromatic heterocycles. The number of fused-ring (bicyclic) bond motifs is 1. The molecule has 1 aliphatic carbocycles. The summed E-state index contributed by atoms with van der Waals surface area (Å²) in [6.07, 6.45) is -6.67.